The van der Waals surface area contributed by atoms with Crippen LogP contribution in [0.15, 0.2) is 46.4 Å². The molecule has 2 aromatic carbocycles. The molecule has 11 heteroatoms. The van der Waals surface area contributed by atoms with Gasteiger partial charge < -0.3 is 18.9 Å². The van der Waals surface area contributed by atoms with Crippen LogP contribution in [0.2, 0.25) is 0 Å². The Hall–Kier alpha value is -3.15. The Morgan fingerprint density at radius 2 is 1.68 bits per heavy atom. The highest BCUT2D eigenvalue weighted by Gasteiger charge is 2.26. The van der Waals surface area contributed by atoms with Gasteiger partial charge in [0.05, 0.1) is 51.2 Å². The van der Waals surface area contributed by atoms with Gasteiger partial charge in [0.15, 0.2) is 0 Å². The van der Waals surface area contributed by atoms with Crippen LogP contribution in [0.4, 0.5) is 0 Å². The van der Waals surface area contributed by atoms with Crippen molar-refractivity contribution in [1.29, 1.82) is 0 Å². The first kappa shape index (κ1) is 25.5. The Balaban J connectivity index is 1.56. The fraction of sp³-hybridized carbons (Fsp3) is 0.391. The summed E-state index contributed by atoms with van der Waals surface area (Å²) >= 11 is 0. The lowest BCUT2D eigenvalue weighted by molar-refractivity contribution is -0.121. The normalized spacial score (nSPS) is 14.7. The van der Waals surface area contributed by atoms with Crippen molar-refractivity contribution in [3.05, 3.63) is 47.5 Å². The Labute approximate surface area is 199 Å². The first-order valence-electron chi connectivity index (χ1n) is 10.7. The SMILES string of the molecule is COc1cc(OC)c(/C=N/NC(=O)CCc2ccc(S(=O)(=O)N3CCOCC3)cc2)c(OC)c1. The van der Waals surface area contributed by atoms with E-state index in [1.807, 2.05) is 0 Å². The molecule has 1 aliphatic rings. The number of hydrogen-bond acceptors (Lipinski definition) is 8. The highest BCUT2D eigenvalue weighted by Crippen LogP contribution is 2.32. The Morgan fingerprint density at radius 1 is 1.06 bits per heavy atom. The molecule has 0 atom stereocenters. The standard InChI is InChI=1S/C23H29N3O7S/c1-30-18-14-21(31-2)20(22(15-18)32-3)16-24-25-23(27)9-6-17-4-7-19(8-5-17)34(28,29)26-10-12-33-13-11-26/h4-5,7-8,14-16H,6,9-13H2,1-3H3,(H,25,27)/b24-16+. The first-order chi connectivity index (χ1) is 16.4. The predicted octanol–water partition coefficient (Wildman–Crippen LogP) is 1.82. The van der Waals surface area contributed by atoms with E-state index in [2.05, 4.69) is 10.5 Å². The lowest BCUT2D eigenvalue weighted by atomic mass is 10.1. The number of carbonyl (C=O) groups is 1. The quantitative estimate of drug-likeness (QED) is 0.398. The molecule has 1 saturated heterocycles. The number of morpholine rings is 1. The third-order valence-corrected chi connectivity index (χ3v) is 7.22. The monoisotopic (exact) mass is 491 g/mol. The molecule has 1 N–H and O–H groups in total. The number of benzene rings is 2. The molecule has 0 unspecified atom stereocenters. The van der Waals surface area contributed by atoms with Crippen molar-refractivity contribution in [2.24, 2.45) is 5.10 Å². The molecule has 10 nitrogen and oxygen atoms in total. The fourth-order valence-electron chi connectivity index (χ4n) is 3.41. The average molecular weight is 492 g/mol. The van der Waals surface area contributed by atoms with E-state index in [4.69, 9.17) is 18.9 Å². The van der Waals surface area contributed by atoms with E-state index in [0.29, 0.717) is 55.5 Å². The highest BCUT2D eigenvalue weighted by atomic mass is 32.2. The van der Waals surface area contributed by atoms with Crippen molar-refractivity contribution >= 4 is 22.1 Å². The molecule has 1 amide bonds. The molecule has 2 aromatic rings. The van der Waals surface area contributed by atoms with Crippen molar-refractivity contribution in [2.45, 2.75) is 17.7 Å². The van der Waals surface area contributed by atoms with Crippen LogP contribution in [-0.4, -0.2) is 72.5 Å². The van der Waals surface area contributed by atoms with Crippen LogP contribution in [0.1, 0.15) is 17.5 Å². The molecule has 34 heavy (non-hydrogen) atoms. The molecular weight excluding hydrogens is 462 g/mol. The third-order valence-electron chi connectivity index (χ3n) is 5.31. The summed E-state index contributed by atoms with van der Waals surface area (Å²) in [5.41, 5.74) is 3.89. The molecule has 0 bridgehead atoms. The highest BCUT2D eigenvalue weighted by molar-refractivity contribution is 7.89. The summed E-state index contributed by atoms with van der Waals surface area (Å²) in [7, 11) is 1.03. The van der Waals surface area contributed by atoms with Gasteiger partial charge in [-0.1, -0.05) is 12.1 Å². The van der Waals surface area contributed by atoms with Crippen molar-refractivity contribution < 1.29 is 32.2 Å². The van der Waals surface area contributed by atoms with Gasteiger partial charge in [-0.3, -0.25) is 4.79 Å². The van der Waals surface area contributed by atoms with Gasteiger partial charge in [0.2, 0.25) is 15.9 Å². The number of aryl methyl sites for hydroxylation is 1. The second-order valence-corrected chi connectivity index (χ2v) is 9.34. The van der Waals surface area contributed by atoms with Gasteiger partial charge in [0.1, 0.15) is 17.2 Å². The number of sulfonamides is 1. The van der Waals surface area contributed by atoms with Crippen LogP contribution in [-0.2, 0) is 26.0 Å². The van der Waals surface area contributed by atoms with Crippen molar-refractivity contribution in [1.82, 2.24) is 9.73 Å². The number of carbonyl (C=O) groups excluding carboxylic acids is 1. The van der Waals surface area contributed by atoms with Crippen LogP contribution < -0.4 is 19.6 Å². The van der Waals surface area contributed by atoms with E-state index >= 15 is 0 Å². The van der Waals surface area contributed by atoms with Crippen molar-refractivity contribution in [3.8, 4) is 17.2 Å². The first-order valence-corrected chi connectivity index (χ1v) is 12.1. The van der Waals surface area contributed by atoms with E-state index < -0.39 is 10.0 Å². The number of nitrogens with zero attached hydrogens (tertiary/aromatic N) is 2. The zero-order valence-electron chi connectivity index (χ0n) is 19.4. The zero-order valence-corrected chi connectivity index (χ0v) is 20.3. The Bertz CT molecular complexity index is 1090. The van der Waals surface area contributed by atoms with Gasteiger partial charge in [-0.2, -0.15) is 9.41 Å². The molecule has 0 aliphatic carbocycles. The number of hydrazone groups is 1. The van der Waals surface area contributed by atoms with Crippen LogP contribution >= 0.6 is 0 Å². The maximum absolute atomic E-state index is 12.7. The van der Waals surface area contributed by atoms with Gasteiger partial charge in [0.25, 0.3) is 0 Å². The molecule has 0 spiro atoms. The van der Waals surface area contributed by atoms with E-state index in [9.17, 15) is 13.2 Å². The maximum Gasteiger partial charge on any atom is 0.243 e. The molecule has 1 aliphatic heterocycles. The average Bonchev–Trinajstić information content (AvgIpc) is 2.88. The minimum Gasteiger partial charge on any atom is -0.496 e. The second-order valence-electron chi connectivity index (χ2n) is 7.40. The molecule has 184 valence electrons. The minimum atomic E-state index is -3.54. The molecule has 1 heterocycles. The Morgan fingerprint density at radius 3 is 2.24 bits per heavy atom. The van der Waals surface area contributed by atoms with E-state index in [-0.39, 0.29) is 17.2 Å². The largest absolute Gasteiger partial charge is 0.496 e. The summed E-state index contributed by atoms with van der Waals surface area (Å²) in [6.07, 6.45) is 2.07. The van der Waals surface area contributed by atoms with Crippen molar-refractivity contribution in [2.75, 3.05) is 47.6 Å². The molecule has 0 saturated carbocycles. The van der Waals surface area contributed by atoms with E-state index in [1.165, 1.54) is 24.7 Å². The topological polar surface area (TPSA) is 116 Å². The van der Waals surface area contributed by atoms with Crippen LogP contribution in [0.3, 0.4) is 0 Å². The number of amides is 1. The number of ether oxygens (including phenoxy) is 4. The summed E-state index contributed by atoms with van der Waals surface area (Å²) in [5.74, 6) is 1.26. The van der Waals surface area contributed by atoms with Gasteiger partial charge in [0, 0.05) is 31.6 Å². The number of nitrogens with one attached hydrogen (secondary N) is 1. The number of methoxy groups -OCH3 is 3. The molecule has 0 aromatic heterocycles. The van der Waals surface area contributed by atoms with Gasteiger partial charge in [-0.05, 0) is 24.1 Å². The summed E-state index contributed by atoms with van der Waals surface area (Å²) < 4.78 is 47.9. The zero-order chi connectivity index (χ0) is 24.6. The Kier molecular flexibility index (Phi) is 8.85. The van der Waals surface area contributed by atoms with Gasteiger partial charge in [-0.15, -0.1) is 0 Å². The lowest BCUT2D eigenvalue weighted by Crippen LogP contribution is -2.40. The predicted molar refractivity (Wildman–Crippen MR) is 126 cm³/mol. The number of rotatable bonds is 10. The summed E-state index contributed by atoms with van der Waals surface area (Å²) in [4.78, 5) is 12.5. The van der Waals surface area contributed by atoms with E-state index in [0.717, 1.165) is 5.56 Å². The van der Waals surface area contributed by atoms with E-state index in [1.54, 1.807) is 43.5 Å². The van der Waals surface area contributed by atoms with Crippen LogP contribution in [0.25, 0.3) is 0 Å². The summed E-state index contributed by atoms with van der Waals surface area (Å²) in [6.45, 7) is 1.48. The molecule has 0 radical (unpaired) electrons. The van der Waals surface area contributed by atoms with Gasteiger partial charge >= 0.3 is 0 Å². The second kappa shape index (κ2) is 11.8. The molecule has 3 rings (SSSR count). The summed E-state index contributed by atoms with van der Waals surface area (Å²) in [5, 5.41) is 4.00. The minimum absolute atomic E-state index is 0.184. The van der Waals surface area contributed by atoms with Gasteiger partial charge in [-0.25, -0.2) is 13.8 Å². The number of hydrogen-bond donors (Lipinski definition) is 1. The fourth-order valence-corrected chi connectivity index (χ4v) is 4.81. The molecule has 1 fully saturated rings. The smallest absolute Gasteiger partial charge is 0.243 e. The third kappa shape index (κ3) is 6.25. The van der Waals surface area contributed by atoms with Crippen molar-refractivity contribution in [3.63, 3.8) is 0 Å². The summed E-state index contributed by atoms with van der Waals surface area (Å²) in [6, 6.07) is 9.95. The maximum atomic E-state index is 12.7. The van der Waals surface area contributed by atoms with Crippen LogP contribution in [0, 0.1) is 0 Å². The van der Waals surface area contributed by atoms with Crippen LogP contribution in [0.5, 0.6) is 17.2 Å². The molecular formula is C23H29N3O7S. The lowest BCUT2D eigenvalue weighted by Gasteiger charge is -2.26.